The van der Waals surface area contributed by atoms with Crippen LogP contribution in [0.5, 0.6) is 11.7 Å². The summed E-state index contributed by atoms with van der Waals surface area (Å²) in [5.74, 6) is 0.162. The highest BCUT2D eigenvalue weighted by atomic mass is 16.8. The maximum Gasteiger partial charge on any atom is 0.516 e. The lowest BCUT2D eigenvalue weighted by molar-refractivity contribution is 0.0957. The number of aromatic hydroxyl groups is 1. The summed E-state index contributed by atoms with van der Waals surface area (Å²) in [7, 11) is 0. The number of ether oxygens (including phenoxy) is 2. The molecule has 16 heavy (non-hydrogen) atoms. The van der Waals surface area contributed by atoms with Crippen LogP contribution in [0.25, 0.3) is 11.0 Å². The summed E-state index contributed by atoms with van der Waals surface area (Å²) in [6.45, 7) is 1.91. The van der Waals surface area contributed by atoms with E-state index in [9.17, 15) is 9.90 Å². The van der Waals surface area contributed by atoms with Gasteiger partial charge >= 0.3 is 6.16 Å². The van der Waals surface area contributed by atoms with Crippen molar-refractivity contribution in [1.29, 1.82) is 0 Å². The van der Waals surface area contributed by atoms with Gasteiger partial charge in [0, 0.05) is 11.5 Å². The first-order valence-electron chi connectivity index (χ1n) is 4.76. The minimum atomic E-state index is -0.814. The summed E-state index contributed by atoms with van der Waals surface area (Å²) in [6.07, 6.45) is -0.814. The molecule has 0 bridgehead atoms. The molecule has 0 radical (unpaired) electrons. The Balaban J connectivity index is 2.23. The average molecular weight is 222 g/mol. The van der Waals surface area contributed by atoms with Gasteiger partial charge < -0.3 is 19.0 Å². The second kappa shape index (κ2) is 4.14. The van der Waals surface area contributed by atoms with Crippen molar-refractivity contribution in [2.45, 2.75) is 6.92 Å². The third-order valence-corrected chi connectivity index (χ3v) is 1.92. The molecule has 0 aliphatic rings. The molecule has 0 saturated carbocycles. The molecule has 5 nitrogen and oxygen atoms in total. The van der Waals surface area contributed by atoms with Gasteiger partial charge in [0.2, 0.25) is 0 Å². The molecule has 84 valence electrons. The Morgan fingerprint density at radius 1 is 1.44 bits per heavy atom. The number of carbonyl (C=O) groups is 1. The van der Waals surface area contributed by atoms with Gasteiger partial charge in [-0.05, 0) is 25.1 Å². The Bertz CT molecular complexity index is 514. The van der Waals surface area contributed by atoms with E-state index in [2.05, 4.69) is 4.74 Å². The molecule has 0 saturated heterocycles. The van der Waals surface area contributed by atoms with Gasteiger partial charge in [-0.2, -0.15) is 0 Å². The molecule has 1 aromatic carbocycles. The highest BCUT2D eigenvalue weighted by molar-refractivity contribution is 5.81. The first kappa shape index (κ1) is 10.4. The van der Waals surface area contributed by atoms with Gasteiger partial charge in [0.1, 0.15) is 11.3 Å². The summed E-state index contributed by atoms with van der Waals surface area (Å²) in [6, 6.07) is 6.09. The lowest BCUT2D eigenvalue weighted by Gasteiger charge is -1.98. The molecule has 5 heteroatoms. The molecule has 0 unspecified atom stereocenters. The first-order valence-corrected chi connectivity index (χ1v) is 4.76. The number of benzene rings is 1. The summed E-state index contributed by atoms with van der Waals surface area (Å²) in [5.41, 5.74) is 0.525. The third kappa shape index (κ3) is 2.08. The summed E-state index contributed by atoms with van der Waals surface area (Å²) >= 11 is 0. The predicted molar refractivity (Wildman–Crippen MR) is 55.5 cm³/mol. The smallest absolute Gasteiger partial charge is 0.508 e. The van der Waals surface area contributed by atoms with E-state index in [4.69, 9.17) is 9.15 Å². The Morgan fingerprint density at radius 2 is 2.25 bits per heavy atom. The fourth-order valence-corrected chi connectivity index (χ4v) is 1.29. The van der Waals surface area contributed by atoms with Crippen molar-refractivity contribution in [2.75, 3.05) is 6.61 Å². The zero-order valence-corrected chi connectivity index (χ0v) is 8.60. The number of carbonyl (C=O) groups excluding carboxylic acids is 1. The van der Waals surface area contributed by atoms with Crippen molar-refractivity contribution in [3.8, 4) is 11.7 Å². The van der Waals surface area contributed by atoms with Crippen molar-refractivity contribution in [3.63, 3.8) is 0 Å². The van der Waals surface area contributed by atoms with E-state index >= 15 is 0 Å². The number of hydrogen-bond donors (Lipinski definition) is 1. The maximum absolute atomic E-state index is 11.0. The van der Waals surface area contributed by atoms with Gasteiger partial charge in [0.25, 0.3) is 5.95 Å². The molecule has 0 aliphatic carbocycles. The van der Waals surface area contributed by atoms with Crippen LogP contribution in [0, 0.1) is 0 Å². The Kier molecular flexibility index (Phi) is 2.68. The average Bonchev–Trinajstić information content (AvgIpc) is 2.59. The van der Waals surface area contributed by atoms with Crippen molar-refractivity contribution >= 4 is 17.1 Å². The zero-order valence-electron chi connectivity index (χ0n) is 8.60. The highest BCUT2D eigenvalue weighted by Gasteiger charge is 2.10. The minimum Gasteiger partial charge on any atom is -0.508 e. The molecular weight excluding hydrogens is 212 g/mol. The molecule has 1 heterocycles. The summed E-state index contributed by atoms with van der Waals surface area (Å²) < 4.78 is 14.6. The number of phenols is 1. The van der Waals surface area contributed by atoms with Gasteiger partial charge in [-0.1, -0.05) is 0 Å². The number of phenolic OH excluding ortho intramolecular Hbond substituents is 1. The van der Waals surface area contributed by atoms with Crippen molar-refractivity contribution in [3.05, 3.63) is 24.3 Å². The Labute approximate surface area is 91.2 Å². The number of fused-ring (bicyclic) bond motifs is 1. The van der Waals surface area contributed by atoms with Gasteiger partial charge in [0.15, 0.2) is 0 Å². The second-order valence-electron chi connectivity index (χ2n) is 3.07. The lowest BCUT2D eigenvalue weighted by atomic mass is 10.2. The van der Waals surface area contributed by atoms with Gasteiger partial charge in [-0.15, -0.1) is 0 Å². The van der Waals surface area contributed by atoms with E-state index in [-0.39, 0.29) is 18.3 Å². The van der Waals surface area contributed by atoms with Crippen LogP contribution >= 0.6 is 0 Å². The summed E-state index contributed by atoms with van der Waals surface area (Å²) in [4.78, 5) is 11.0. The van der Waals surface area contributed by atoms with E-state index in [0.29, 0.717) is 11.0 Å². The molecular formula is C11H10O5. The zero-order chi connectivity index (χ0) is 11.5. The highest BCUT2D eigenvalue weighted by Crippen LogP contribution is 2.27. The molecule has 1 N–H and O–H groups in total. The van der Waals surface area contributed by atoms with Crippen LogP contribution in [0.2, 0.25) is 0 Å². The lowest BCUT2D eigenvalue weighted by Crippen LogP contribution is -2.09. The van der Waals surface area contributed by atoms with Crippen LogP contribution in [0.15, 0.2) is 28.7 Å². The predicted octanol–water partition coefficient (Wildman–Crippen LogP) is 2.67. The maximum atomic E-state index is 11.0. The topological polar surface area (TPSA) is 68.9 Å². The van der Waals surface area contributed by atoms with Crippen LogP contribution in [0.4, 0.5) is 4.79 Å². The van der Waals surface area contributed by atoms with Gasteiger partial charge in [-0.25, -0.2) is 4.79 Å². The molecule has 0 atom stereocenters. The van der Waals surface area contributed by atoms with Crippen LogP contribution < -0.4 is 4.74 Å². The van der Waals surface area contributed by atoms with Crippen LogP contribution in [-0.4, -0.2) is 17.9 Å². The number of hydrogen-bond acceptors (Lipinski definition) is 5. The van der Waals surface area contributed by atoms with Crippen molar-refractivity contribution in [2.24, 2.45) is 0 Å². The fourth-order valence-electron chi connectivity index (χ4n) is 1.29. The van der Waals surface area contributed by atoms with Crippen molar-refractivity contribution in [1.82, 2.24) is 0 Å². The van der Waals surface area contributed by atoms with Crippen molar-refractivity contribution < 1.29 is 23.8 Å². The monoisotopic (exact) mass is 222 g/mol. The SMILES string of the molecule is CCOC(=O)Oc1cc2cc(O)ccc2o1. The largest absolute Gasteiger partial charge is 0.516 e. The quantitative estimate of drug-likeness (QED) is 0.791. The molecule has 0 fully saturated rings. The van der Waals surface area contributed by atoms with Gasteiger partial charge in [-0.3, -0.25) is 0 Å². The second-order valence-corrected chi connectivity index (χ2v) is 3.07. The number of rotatable bonds is 2. The van der Waals surface area contributed by atoms with E-state index in [1.807, 2.05) is 0 Å². The van der Waals surface area contributed by atoms with Crippen LogP contribution in [0.3, 0.4) is 0 Å². The third-order valence-electron chi connectivity index (χ3n) is 1.92. The molecule has 2 rings (SSSR count). The summed E-state index contributed by atoms with van der Waals surface area (Å²) in [5, 5.41) is 9.88. The minimum absolute atomic E-state index is 0.0408. The molecule has 2 aromatic rings. The molecule has 0 amide bonds. The van der Waals surface area contributed by atoms with Crippen LogP contribution in [-0.2, 0) is 4.74 Å². The van der Waals surface area contributed by atoms with E-state index in [1.54, 1.807) is 13.0 Å². The van der Waals surface area contributed by atoms with Crippen LogP contribution in [0.1, 0.15) is 6.92 Å². The Morgan fingerprint density at radius 3 is 3.00 bits per heavy atom. The molecule has 1 aromatic heterocycles. The van der Waals surface area contributed by atoms with E-state index < -0.39 is 6.16 Å². The fraction of sp³-hybridized carbons (Fsp3) is 0.182. The first-order chi connectivity index (χ1) is 7.69. The van der Waals surface area contributed by atoms with Gasteiger partial charge in [0.05, 0.1) is 6.61 Å². The van der Waals surface area contributed by atoms with E-state index in [1.165, 1.54) is 18.2 Å². The molecule has 0 aliphatic heterocycles. The number of furan rings is 1. The molecule has 0 spiro atoms. The normalized spacial score (nSPS) is 10.3. The van der Waals surface area contributed by atoms with E-state index in [0.717, 1.165) is 0 Å². The standard InChI is InChI=1S/C11H10O5/c1-2-14-11(13)16-10-6-7-5-8(12)3-4-9(7)15-10/h3-6,12H,2H2,1H3. The Hall–Kier alpha value is -2.17.